The summed E-state index contributed by atoms with van der Waals surface area (Å²) in [5.74, 6) is 0.0573. The maximum absolute atomic E-state index is 8.39. The summed E-state index contributed by atoms with van der Waals surface area (Å²) >= 11 is 3.24. The Bertz CT molecular complexity index is 324. The van der Waals surface area contributed by atoms with Crippen molar-refractivity contribution in [1.29, 1.82) is 0 Å². The Kier molecular flexibility index (Phi) is 2.54. The molecule has 64 valence electrons. The molecule has 5 N–H and O–H groups in total. The average Bonchev–Trinajstić information content (AvgIpc) is 2.03. The number of nitrogens with two attached hydrogens (primary N) is 2. The number of oxime groups is 1. The molecule has 0 atom stereocenters. The number of halogens is 1. The molecule has 5 heteroatoms. The lowest BCUT2D eigenvalue weighted by Gasteiger charge is -2.02. The number of nitrogen functional groups attached to an aromatic ring is 1. The van der Waals surface area contributed by atoms with Crippen LogP contribution in [0, 0.1) is 0 Å². The van der Waals surface area contributed by atoms with Crippen LogP contribution in [0.4, 0.5) is 5.69 Å². The fourth-order valence-electron chi connectivity index (χ4n) is 0.793. The second-order valence-electron chi connectivity index (χ2n) is 2.22. The number of rotatable bonds is 1. The van der Waals surface area contributed by atoms with Gasteiger partial charge in [0.1, 0.15) is 0 Å². The molecule has 0 aliphatic carbocycles. The van der Waals surface area contributed by atoms with Crippen LogP contribution in [-0.4, -0.2) is 11.0 Å². The van der Waals surface area contributed by atoms with Gasteiger partial charge in [-0.25, -0.2) is 0 Å². The van der Waals surface area contributed by atoms with Gasteiger partial charge < -0.3 is 16.7 Å². The summed E-state index contributed by atoms with van der Waals surface area (Å²) in [5.41, 5.74) is 12.1. The Balaban J connectivity index is 3.18. The van der Waals surface area contributed by atoms with Gasteiger partial charge in [-0.05, 0) is 34.1 Å². The van der Waals surface area contributed by atoms with Crippen LogP contribution in [0.2, 0.25) is 0 Å². The molecule has 0 saturated heterocycles. The van der Waals surface area contributed by atoms with Crippen LogP contribution in [-0.2, 0) is 0 Å². The van der Waals surface area contributed by atoms with Crippen LogP contribution in [0.15, 0.2) is 27.8 Å². The van der Waals surface area contributed by atoms with E-state index in [4.69, 9.17) is 16.7 Å². The highest BCUT2D eigenvalue weighted by Crippen LogP contribution is 2.19. The Morgan fingerprint density at radius 2 is 2.17 bits per heavy atom. The zero-order valence-electron chi connectivity index (χ0n) is 6.16. The molecule has 0 aliphatic heterocycles. The van der Waals surface area contributed by atoms with E-state index in [1.165, 1.54) is 0 Å². The van der Waals surface area contributed by atoms with Crippen LogP contribution in [0.5, 0.6) is 0 Å². The molecule has 0 amide bonds. The highest BCUT2D eigenvalue weighted by molar-refractivity contribution is 9.10. The van der Waals surface area contributed by atoms with Gasteiger partial charge in [0.25, 0.3) is 0 Å². The van der Waals surface area contributed by atoms with Gasteiger partial charge >= 0.3 is 0 Å². The minimum atomic E-state index is 0.0573. The topological polar surface area (TPSA) is 84.6 Å². The average molecular weight is 230 g/mol. The standard InChI is InChI=1S/C7H8BrN3O/c8-6-3-4(9)1-2-5(6)7(10)11-12/h1-3,12H,9H2,(H2,10,11). The summed E-state index contributed by atoms with van der Waals surface area (Å²) in [6.45, 7) is 0. The van der Waals surface area contributed by atoms with E-state index < -0.39 is 0 Å². The zero-order chi connectivity index (χ0) is 9.14. The molecular weight excluding hydrogens is 222 g/mol. The van der Waals surface area contributed by atoms with Crippen molar-refractivity contribution in [3.05, 3.63) is 28.2 Å². The molecule has 1 aromatic rings. The van der Waals surface area contributed by atoms with Gasteiger partial charge in [0.05, 0.1) is 0 Å². The Hall–Kier alpha value is -1.23. The lowest BCUT2D eigenvalue weighted by Crippen LogP contribution is -2.13. The molecule has 4 nitrogen and oxygen atoms in total. The maximum atomic E-state index is 8.39. The first kappa shape index (κ1) is 8.86. The van der Waals surface area contributed by atoms with Crippen molar-refractivity contribution in [2.45, 2.75) is 0 Å². The van der Waals surface area contributed by atoms with Crippen molar-refractivity contribution < 1.29 is 5.21 Å². The third-order valence-electron chi connectivity index (χ3n) is 1.38. The molecule has 12 heavy (non-hydrogen) atoms. The van der Waals surface area contributed by atoms with Crippen molar-refractivity contribution in [3.63, 3.8) is 0 Å². The van der Waals surface area contributed by atoms with Gasteiger partial charge in [-0.1, -0.05) is 5.16 Å². The number of nitrogens with zero attached hydrogens (tertiary/aromatic N) is 1. The van der Waals surface area contributed by atoms with Crippen LogP contribution in [0.3, 0.4) is 0 Å². The van der Waals surface area contributed by atoms with Crippen LogP contribution in [0.1, 0.15) is 5.56 Å². The van der Waals surface area contributed by atoms with Crippen molar-refractivity contribution in [2.75, 3.05) is 5.73 Å². The predicted octanol–water partition coefficient (Wildman–Crippen LogP) is 1.13. The van der Waals surface area contributed by atoms with Crippen LogP contribution >= 0.6 is 15.9 Å². The van der Waals surface area contributed by atoms with Gasteiger partial charge in [-0.2, -0.15) is 0 Å². The van der Waals surface area contributed by atoms with E-state index in [2.05, 4.69) is 21.1 Å². The number of hydrogen-bond donors (Lipinski definition) is 3. The quantitative estimate of drug-likeness (QED) is 0.222. The molecule has 0 fully saturated rings. The summed E-state index contributed by atoms with van der Waals surface area (Å²) in [6.07, 6.45) is 0. The van der Waals surface area contributed by atoms with Gasteiger partial charge in [-0.3, -0.25) is 0 Å². The van der Waals surface area contributed by atoms with E-state index in [9.17, 15) is 0 Å². The molecule has 1 aromatic carbocycles. The van der Waals surface area contributed by atoms with E-state index >= 15 is 0 Å². The number of benzene rings is 1. The van der Waals surface area contributed by atoms with Crippen molar-refractivity contribution in [3.8, 4) is 0 Å². The zero-order valence-corrected chi connectivity index (χ0v) is 7.75. The van der Waals surface area contributed by atoms with Gasteiger partial charge in [0.15, 0.2) is 5.84 Å². The van der Waals surface area contributed by atoms with Crippen molar-refractivity contribution in [1.82, 2.24) is 0 Å². The summed E-state index contributed by atoms with van der Waals surface area (Å²) < 4.78 is 0.706. The summed E-state index contributed by atoms with van der Waals surface area (Å²) in [4.78, 5) is 0. The molecule has 0 spiro atoms. The lowest BCUT2D eigenvalue weighted by molar-refractivity contribution is 0.318. The predicted molar refractivity (Wildman–Crippen MR) is 51.1 cm³/mol. The van der Waals surface area contributed by atoms with Crippen LogP contribution in [0.25, 0.3) is 0 Å². The highest BCUT2D eigenvalue weighted by atomic mass is 79.9. The molecule has 0 bridgehead atoms. The Morgan fingerprint density at radius 1 is 1.50 bits per heavy atom. The first-order valence-corrected chi connectivity index (χ1v) is 3.97. The molecule has 0 aliphatic rings. The van der Waals surface area contributed by atoms with Gasteiger partial charge in [0, 0.05) is 15.7 Å². The maximum Gasteiger partial charge on any atom is 0.171 e. The largest absolute Gasteiger partial charge is 0.409 e. The second kappa shape index (κ2) is 3.44. The van der Waals surface area contributed by atoms with Crippen molar-refractivity contribution in [2.24, 2.45) is 10.9 Å². The molecule has 0 radical (unpaired) electrons. The number of amidine groups is 1. The fourth-order valence-corrected chi connectivity index (χ4v) is 1.39. The van der Waals surface area contributed by atoms with Crippen LogP contribution < -0.4 is 11.5 Å². The van der Waals surface area contributed by atoms with Gasteiger partial charge in [0.2, 0.25) is 0 Å². The highest BCUT2D eigenvalue weighted by Gasteiger charge is 2.03. The summed E-state index contributed by atoms with van der Waals surface area (Å²) in [7, 11) is 0. The molecule has 0 heterocycles. The first-order valence-electron chi connectivity index (χ1n) is 3.18. The normalized spacial score (nSPS) is 11.6. The van der Waals surface area contributed by atoms with E-state index in [1.54, 1.807) is 18.2 Å². The first-order chi connectivity index (χ1) is 5.65. The van der Waals surface area contributed by atoms with E-state index in [0.717, 1.165) is 0 Å². The smallest absolute Gasteiger partial charge is 0.171 e. The third-order valence-corrected chi connectivity index (χ3v) is 2.03. The molecule has 0 unspecified atom stereocenters. The van der Waals surface area contributed by atoms with E-state index in [-0.39, 0.29) is 5.84 Å². The minimum absolute atomic E-state index is 0.0573. The Morgan fingerprint density at radius 3 is 2.67 bits per heavy atom. The summed E-state index contributed by atoms with van der Waals surface area (Å²) in [5, 5.41) is 11.3. The third kappa shape index (κ3) is 1.68. The minimum Gasteiger partial charge on any atom is -0.409 e. The summed E-state index contributed by atoms with van der Waals surface area (Å²) in [6, 6.07) is 5.04. The molecule has 1 rings (SSSR count). The van der Waals surface area contributed by atoms with Gasteiger partial charge in [-0.15, -0.1) is 0 Å². The van der Waals surface area contributed by atoms with E-state index in [1.807, 2.05) is 0 Å². The lowest BCUT2D eigenvalue weighted by atomic mass is 10.2. The van der Waals surface area contributed by atoms with Crippen molar-refractivity contribution >= 4 is 27.5 Å². The number of hydrogen-bond acceptors (Lipinski definition) is 3. The molecule has 0 aromatic heterocycles. The monoisotopic (exact) mass is 229 g/mol. The number of anilines is 1. The second-order valence-corrected chi connectivity index (χ2v) is 3.08. The SMILES string of the molecule is N/C(=N\O)c1ccc(N)cc1Br. The fraction of sp³-hybridized carbons (Fsp3) is 0. The Labute approximate surface area is 78.0 Å². The van der Waals surface area contributed by atoms with E-state index in [0.29, 0.717) is 15.7 Å². The molecular formula is C7H8BrN3O. The molecule has 0 saturated carbocycles.